The number of rotatable bonds is 4. The molecule has 1 N–H and O–H groups in total. The summed E-state index contributed by atoms with van der Waals surface area (Å²) in [6.45, 7) is 3.26. The molecule has 2 fully saturated rings. The van der Waals surface area contributed by atoms with Gasteiger partial charge in [-0.15, -0.1) is 0 Å². The molecule has 0 saturated carbocycles. The van der Waals surface area contributed by atoms with Gasteiger partial charge in [0.05, 0.1) is 0 Å². The van der Waals surface area contributed by atoms with Crippen LogP contribution in [0.4, 0.5) is 0 Å². The van der Waals surface area contributed by atoms with Crippen molar-refractivity contribution in [2.24, 2.45) is 5.92 Å². The minimum atomic E-state index is 0.0841. The topological polar surface area (TPSA) is 32.3 Å². The Balaban J connectivity index is 1.39. The summed E-state index contributed by atoms with van der Waals surface area (Å²) in [6, 6.07) is 2.71. The van der Waals surface area contributed by atoms with Crippen LogP contribution in [-0.2, 0) is 0 Å². The molecule has 1 atom stereocenters. The molecule has 2 aliphatic rings. The van der Waals surface area contributed by atoms with E-state index in [-0.39, 0.29) is 5.91 Å². The van der Waals surface area contributed by atoms with Crippen molar-refractivity contribution in [3.8, 4) is 0 Å². The smallest absolute Gasteiger partial charge is 0.252 e. The van der Waals surface area contributed by atoms with Gasteiger partial charge in [0.15, 0.2) is 0 Å². The Kier molecular flexibility index (Phi) is 5.02. The molecule has 2 saturated heterocycles. The van der Waals surface area contributed by atoms with Crippen molar-refractivity contribution in [2.45, 2.75) is 25.3 Å². The van der Waals surface area contributed by atoms with Gasteiger partial charge in [0, 0.05) is 29.3 Å². The maximum absolute atomic E-state index is 11.9. The highest BCUT2D eigenvalue weighted by Crippen LogP contribution is 2.26. The van der Waals surface area contributed by atoms with Crippen molar-refractivity contribution in [1.82, 2.24) is 10.2 Å². The van der Waals surface area contributed by atoms with E-state index >= 15 is 0 Å². The molecular weight excluding hydrogens is 288 g/mol. The minimum Gasteiger partial charge on any atom is -0.352 e. The predicted molar refractivity (Wildman–Crippen MR) is 86.7 cm³/mol. The first-order chi connectivity index (χ1) is 9.83. The van der Waals surface area contributed by atoms with Crippen LogP contribution in [0.2, 0.25) is 0 Å². The van der Waals surface area contributed by atoms with Crippen LogP contribution in [0.5, 0.6) is 0 Å². The quantitative estimate of drug-likeness (QED) is 0.928. The fraction of sp³-hybridized carbons (Fsp3) is 0.667. The van der Waals surface area contributed by atoms with Crippen LogP contribution < -0.4 is 5.32 Å². The Morgan fingerprint density at radius 1 is 1.35 bits per heavy atom. The highest BCUT2D eigenvalue weighted by molar-refractivity contribution is 7.99. The molecule has 1 amide bonds. The molecular formula is C15H22N2OS2. The third-order valence-corrected chi connectivity index (χ3v) is 6.23. The molecule has 0 radical (unpaired) electrons. The van der Waals surface area contributed by atoms with Crippen LogP contribution in [0.3, 0.4) is 0 Å². The Bertz CT molecular complexity index is 421. The SMILES string of the molecule is O=C(NCC1CCN(C2CCSC2)CC1)c1ccsc1. The molecule has 0 bridgehead atoms. The van der Waals surface area contributed by atoms with E-state index in [1.165, 1.54) is 43.9 Å². The fourth-order valence-corrected chi connectivity index (χ4v) is 4.96. The van der Waals surface area contributed by atoms with Crippen molar-refractivity contribution in [1.29, 1.82) is 0 Å². The normalized spacial score (nSPS) is 24.9. The molecule has 2 aliphatic heterocycles. The van der Waals surface area contributed by atoms with E-state index in [0.29, 0.717) is 5.92 Å². The van der Waals surface area contributed by atoms with Gasteiger partial charge in [-0.2, -0.15) is 23.1 Å². The van der Waals surface area contributed by atoms with Gasteiger partial charge in [-0.25, -0.2) is 0 Å². The molecule has 20 heavy (non-hydrogen) atoms. The van der Waals surface area contributed by atoms with Crippen LogP contribution in [0, 0.1) is 5.92 Å². The van der Waals surface area contributed by atoms with E-state index in [1.807, 2.05) is 16.8 Å². The summed E-state index contributed by atoms with van der Waals surface area (Å²) >= 11 is 3.67. The zero-order chi connectivity index (χ0) is 13.8. The molecule has 3 rings (SSSR count). The number of hydrogen-bond donors (Lipinski definition) is 1. The number of piperidine rings is 1. The fourth-order valence-electron chi connectivity index (χ4n) is 3.07. The number of carbonyl (C=O) groups excluding carboxylic acids is 1. The molecule has 0 spiro atoms. The van der Waals surface area contributed by atoms with Gasteiger partial charge in [0.25, 0.3) is 5.91 Å². The summed E-state index contributed by atoms with van der Waals surface area (Å²) in [4.78, 5) is 14.6. The van der Waals surface area contributed by atoms with Gasteiger partial charge in [0.2, 0.25) is 0 Å². The van der Waals surface area contributed by atoms with E-state index in [1.54, 1.807) is 11.3 Å². The number of nitrogens with one attached hydrogen (secondary N) is 1. The summed E-state index contributed by atoms with van der Waals surface area (Å²) in [5.41, 5.74) is 0.801. The first-order valence-electron chi connectivity index (χ1n) is 7.45. The van der Waals surface area contributed by atoms with Crippen LogP contribution >= 0.6 is 23.1 Å². The number of likely N-dealkylation sites (tertiary alicyclic amines) is 1. The maximum Gasteiger partial charge on any atom is 0.252 e. The lowest BCUT2D eigenvalue weighted by atomic mass is 9.95. The Hall–Kier alpha value is -0.520. The Morgan fingerprint density at radius 3 is 2.85 bits per heavy atom. The molecule has 5 heteroatoms. The number of amides is 1. The zero-order valence-corrected chi connectivity index (χ0v) is 13.3. The predicted octanol–water partition coefficient (Wildman–Crippen LogP) is 2.70. The number of thiophene rings is 1. The van der Waals surface area contributed by atoms with Gasteiger partial charge >= 0.3 is 0 Å². The van der Waals surface area contributed by atoms with Gasteiger partial charge in [-0.05, 0) is 55.5 Å². The average Bonchev–Trinajstić information content (AvgIpc) is 3.18. The largest absolute Gasteiger partial charge is 0.352 e. The van der Waals surface area contributed by atoms with Gasteiger partial charge < -0.3 is 5.32 Å². The average molecular weight is 310 g/mol. The van der Waals surface area contributed by atoms with E-state index in [2.05, 4.69) is 22.0 Å². The van der Waals surface area contributed by atoms with Crippen molar-refractivity contribution in [2.75, 3.05) is 31.1 Å². The van der Waals surface area contributed by atoms with Crippen LogP contribution in [0.1, 0.15) is 29.6 Å². The monoisotopic (exact) mass is 310 g/mol. The van der Waals surface area contributed by atoms with Gasteiger partial charge in [-0.1, -0.05) is 0 Å². The second kappa shape index (κ2) is 6.96. The molecule has 1 unspecified atom stereocenters. The van der Waals surface area contributed by atoms with Crippen LogP contribution in [0.25, 0.3) is 0 Å². The number of thioether (sulfide) groups is 1. The highest BCUT2D eigenvalue weighted by Gasteiger charge is 2.27. The molecule has 1 aromatic heterocycles. The first kappa shape index (κ1) is 14.4. The maximum atomic E-state index is 11.9. The lowest BCUT2D eigenvalue weighted by molar-refractivity contribution is 0.0929. The molecule has 3 heterocycles. The van der Waals surface area contributed by atoms with Crippen LogP contribution in [0.15, 0.2) is 16.8 Å². The van der Waals surface area contributed by atoms with Crippen molar-refractivity contribution < 1.29 is 4.79 Å². The van der Waals surface area contributed by atoms with Crippen molar-refractivity contribution in [3.63, 3.8) is 0 Å². The summed E-state index contributed by atoms with van der Waals surface area (Å²) < 4.78 is 0. The third kappa shape index (κ3) is 3.57. The zero-order valence-electron chi connectivity index (χ0n) is 11.7. The van der Waals surface area contributed by atoms with Crippen molar-refractivity contribution in [3.05, 3.63) is 22.4 Å². The van der Waals surface area contributed by atoms with E-state index in [0.717, 1.165) is 18.2 Å². The summed E-state index contributed by atoms with van der Waals surface area (Å²) in [6.07, 6.45) is 3.82. The number of nitrogens with zero attached hydrogens (tertiary/aromatic N) is 1. The third-order valence-electron chi connectivity index (χ3n) is 4.41. The number of hydrogen-bond acceptors (Lipinski definition) is 4. The standard InChI is InChI=1S/C15H22N2OS2/c18-15(13-3-7-19-10-13)16-9-12-1-5-17(6-2-12)14-4-8-20-11-14/h3,7,10,12,14H,1-2,4-6,8-9,11H2,(H,16,18). The lowest BCUT2D eigenvalue weighted by Gasteiger charge is -2.35. The molecule has 3 nitrogen and oxygen atoms in total. The van der Waals surface area contributed by atoms with Gasteiger partial charge in [-0.3, -0.25) is 9.69 Å². The molecule has 1 aromatic rings. The first-order valence-corrected chi connectivity index (χ1v) is 9.55. The van der Waals surface area contributed by atoms with E-state index in [4.69, 9.17) is 0 Å². The minimum absolute atomic E-state index is 0.0841. The van der Waals surface area contributed by atoms with Crippen LogP contribution in [-0.4, -0.2) is 48.0 Å². The van der Waals surface area contributed by atoms with Crippen molar-refractivity contribution >= 4 is 29.0 Å². The highest BCUT2D eigenvalue weighted by atomic mass is 32.2. The second-order valence-electron chi connectivity index (χ2n) is 5.72. The molecule has 0 aliphatic carbocycles. The second-order valence-corrected chi connectivity index (χ2v) is 7.65. The summed E-state index contributed by atoms with van der Waals surface area (Å²) in [7, 11) is 0. The lowest BCUT2D eigenvalue weighted by Crippen LogP contribution is -2.43. The van der Waals surface area contributed by atoms with E-state index in [9.17, 15) is 4.79 Å². The Morgan fingerprint density at radius 2 is 2.20 bits per heavy atom. The summed E-state index contributed by atoms with van der Waals surface area (Å²) in [5, 5.41) is 6.95. The van der Waals surface area contributed by atoms with Gasteiger partial charge in [0.1, 0.15) is 0 Å². The van der Waals surface area contributed by atoms with E-state index < -0.39 is 0 Å². The Labute approximate surface area is 129 Å². The molecule has 0 aromatic carbocycles. The summed E-state index contributed by atoms with van der Waals surface area (Å²) in [5.74, 6) is 3.39. The number of carbonyl (C=O) groups is 1. The molecule has 110 valence electrons.